The average Bonchev–Trinajstić information content (AvgIpc) is 3.26. The van der Waals surface area contributed by atoms with Crippen molar-refractivity contribution in [1.29, 1.82) is 0 Å². The van der Waals surface area contributed by atoms with Crippen LogP contribution in [-0.4, -0.2) is 118 Å². The molecule has 4 fully saturated rings. The first kappa shape index (κ1) is 45.9. The van der Waals surface area contributed by atoms with E-state index >= 15 is 4.39 Å². The fraction of sp³-hybridized carbons (Fsp3) is 0.587. The number of hydrogen-bond donors (Lipinski definition) is 1. The Kier molecular flexibility index (Phi) is 15.8. The second-order valence-corrected chi connectivity index (χ2v) is 17.3. The van der Waals surface area contributed by atoms with Crippen molar-refractivity contribution in [2.24, 2.45) is 11.8 Å². The van der Waals surface area contributed by atoms with Crippen molar-refractivity contribution >= 4 is 17.7 Å². The lowest BCUT2D eigenvalue weighted by Gasteiger charge is -2.45. The average molecular weight is 852 g/mol. The number of ether oxygens (including phenoxy) is 1. The number of carbonyl (C=O) groups is 3. The molecule has 0 bridgehead atoms. The van der Waals surface area contributed by atoms with Gasteiger partial charge in [0.05, 0.1) is 11.7 Å². The van der Waals surface area contributed by atoms with E-state index in [1.54, 1.807) is 17.3 Å². The molecule has 1 aromatic heterocycles. The fourth-order valence-corrected chi connectivity index (χ4v) is 9.10. The van der Waals surface area contributed by atoms with Crippen LogP contribution in [0.1, 0.15) is 89.7 Å². The molecule has 1 atom stereocenters. The van der Waals surface area contributed by atoms with Gasteiger partial charge in [0.1, 0.15) is 11.9 Å². The van der Waals surface area contributed by atoms with Crippen molar-refractivity contribution in [3.8, 4) is 5.75 Å². The highest BCUT2D eigenvalue weighted by Gasteiger charge is 2.47. The molecule has 332 valence electrons. The summed E-state index contributed by atoms with van der Waals surface area (Å²) in [6.07, 6.45) is 8.46. The van der Waals surface area contributed by atoms with Crippen LogP contribution in [0.2, 0.25) is 0 Å². The molecule has 11 nitrogen and oxygen atoms in total. The number of nitrogens with zero attached hydrogens (tertiary/aromatic N) is 6. The third-order valence-electron chi connectivity index (χ3n) is 12.9. The van der Waals surface area contributed by atoms with Crippen molar-refractivity contribution < 1.29 is 36.7 Å². The monoisotopic (exact) mass is 851 g/mol. The maximum Gasteiger partial charge on any atom is 0.260 e. The molecular formula is C46H61F4N7O4. The molecule has 7 rings (SSSR count). The topological polar surface area (TPSA) is 111 Å². The quantitative estimate of drug-likeness (QED) is 0.213. The summed E-state index contributed by atoms with van der Waals surface area (Å²) in [5, 5.41) is 10.8. The van der Waals surface area contributed by atoms with Crippen molar-refractivity contribution in [3.05, 3.63) is 89.5 Å². The number of rotatable bonds is 11. The number of piperidine rings is 4. The standard InChI is InChI=1S/C24H30FN5O2.C22H31F3N2O2/c1-19(31)28-24(21-5-3-2-4-6-21)10-15-30(16-11-24)22(32)23(25)8-13-29(14-9-23)18-20-7-12-26-27-17-20;1-3-15(2)14-26-8-4-16(5-9-26)22(28)27-10-6-18(7-11-27)29-21-19(24)12-17(23)13-20(21)25/h2-7,12,17H,8-11,13-16,18H2,1H3,(H,28,31);12-13,15-16,18H,3-11,14H2,1-2H3. The minimum atomic E-state index is -1.83. The van der Waals surface area contributed by atoms with Gasteiger partial charge in [-0.3, -0.25) is 19.3 Å². The summed E-state index contributed by atoms with van der Waals surface area (Å²) in [4.78, 5) is 46.0. The van der Waals surface area contributed by atoms with E-state index in [0.29, 0.717) is 89.5 Å². The Labute approximate surface area is 357 Å². The summed E-state index contributed by atoms with van der Waals surface area (Å²) in [6.45, 7) is 12.6. The van der Waals surface area contributed by atoms with Gasteiger partial charge in [0.25, 0.3) is 5.91 Å². The Morgan fingerprint density at radius 3 is 2.03 bits per heavy atom. The van der Waals surface area contributed by atoms with Crippen LogP contribution in [0.5, 0.6) is 5.75 Å². The number of halogens is 4. The van der Waals surface area contributed by atoms with Crippen LogP contribution in [0.25, 0.3) is 0 Å². The zero-order valence-electron chi connectivity index (χ0n) is 35.8. The molecule has 4 aliphatic heterocycles. The van der Waals surface area contributed by atoms with E-state index in [9.17, 15) is 27.6 Å². The summed E-state index contributed by atoms with van der Waals surface area (Å²) < 4.78 is 61.7. The fourth-order valence-electron chi connectivity index (χ4n) is 9.10. The number of alkyl halides is 1. The summed E-state index contributed by atoms with van der Waals surface area (Å²) >= 11 is 0. The van der Waals surface area contributed by atoms with Crippen molar-refractivity contribution in [2.75, 3.05) is 58.9 Å². The number of benzene rings is 2. The first-order valence-corrected chi connectivity index (χ1v) is 21.9. The summed E-state index contributed by atoms with van der Waals surface area (Å²) in [7, 11) is 0. The van der Waals surface area contributed by atoms with Crippen LogP contribution < -0.4 is 10.1 Å². The maximum atomic E-state index is 15.7. The van der Waals surface area contributed by atoms with Crippen LogP contribution in [0.3, 0.4) is 0 Å². The van der Waals surface area contributed by atoms with E-state index in [1.165, 1.54) is 13.3 Å². The van der Waals surface area contributed by atoms with Gasteiger partial charge >= 0.3 is 0 Å². The Morgan fingerprint density at radius 2 is 1.46 bits per heavy atom. The van der Waals surface area contributed by atoms with Gasteiger partial charge in [-0.05, 0) is 61.9 Å². The van der Waals surface area contributed by atoms with Crippen molar-refractivity contribution in [2.45, 2.75) is 102 Å². The SMILES string of the molecule is CC(=O)NC1(c2ccccc2)CCN(C(=O)C2(F)CCN(Cc3ccnnc3)CC2)CC1.CCC(C)CN1CCC(C(=O)N2CCC(Oc3c(F)cc(F)cc3F)CC2)CC1. The highest BCUT2D eigenvalue weighted by molar-refractivity contribution is 5.85. The maximum absolute atomic E-state index is 15.7. The smallest absolute Gasteiger partial charge is 0.260 e. The van der Waals surface area contributed by atoms with Crippen LogP contribution >= 0.6 is 0 Å². The van der Waals surface area contributed by atoms with Gasteiger partial charge in [0.2, 0.25) is 11.8 Å². The molecule has 0 saturated carbocycles. The predicted octanol–water partition coefficient (Wildman–Crippen LogP) is 6.67. The molecule has 4 aliphatic rings. The van der Waals surface area contributed by atoms with Gasteiger partial charge < -0.3 is 24.8 Å². The predicted molar refractivity (Wildman–Crippen MR) is 223 cm³/mol. The Morgan fingerprint density at radius 1 is 0.820 bits per heavy atom. The minimum Gasteiger partial charge on any atom is -0.484 e. The van der Waals surface area contributed by atoms with Crippen LogP contribution in [0, 0.1) is 29.3 Å². The highest BCUT2D eigenvalue weighted by atomic mass is 19.2. The molecule has 4 saturated heterocycles. The van der Waals surface area contributed by atoms with Crippen LogP contribution in [-0.2, 0) is 26.5 Å². The molecule has 3 amide bonds. The molecule has 0 radical (unpaired) electrons. The third-order valence-corrected chi connectivity index (χ3v) is 12.9. The van der Waals surface area contributed by atoms with Gasteiger partial charge in [-0.1, -0.05) is 50.6 Å². The largest absolute Gasteiger partial charge is 0.484 e. The molecule has 61 heavy (non-hydrogen) atoms. The minimum absolute atomic E-state index is 0.0626. The van der Waals surface area contributed by atoms with Gasteiger partial charge in [-0.2, -0.15) is 10.2 Å². The van der Waals surface area contributed by atoms with E-state index < -0.39 is 40.3 Å². The molecule has 0 spiro atoms. The number of carbonyl (C=O) groups excluding carboxylic acids is 3. The lowest BCUT2D eigenvalue weighted by molar-refractivity contribution is -0.149. The first-order chi connectivity index (χ1) is 29.3. The Balaban J connectivity index is 0.000000205. The second kappa shape index (κ2) is 21.0. The second-order valence-electron chi connectivity index (χ2n) is 17.3. The first-order valence-electron chi connectivity index (χ1n) is 21.9. The number of amides is 3. The van der Waals surface area contributed by atoms with Crippen molar-refractivity contribution in [3.63, 3.8) is 0 Å². The summed E-state index contributed by atoms with van der Waals surface area (Å²) in [5.41, 5.74) is -0.289. The van der Waals surface area contributed by atoms with Gasteiger partial charge in [0.15, 0.2) is 23.1 Å². The molecule has 5 heterocycles. The lowest BCUT2D eigenvalue weighted by Crippen LogP contribution is -2.58. The Hall–Kier alpha value is -4.63. The van der Waals surface area contributed by atoms with E-state index in [2.05, 4.69) is 39.2 Å². The molecule has 1 unspecified atom stereocenters. The third kappa shape index (κ3) is 12.1. The number of hydrogen-bond acceptors (Lipinski definition) is 8. The normalized spacial score (nSPS) is 20.6. The molecule has 1 N–H and O–H groups in total. The lowest BCUT2D eigenvalue weighted by atomic mass is 9.80. The van der Waals surface area contributed by atoms with E-state index in [4.69, 9.17) is 4.74 Å². The van der Waals surface area contributed by atoms with Gasteiger partial charge in [0, 0.05) is 109 Å². The molecule has 15 heteroatoms. The van der Waals surface area contributed by atoms with Crippen LogP contribution in [0.15, 0.2) is 60.9 Å². The van der Waals surface area contributed by atoms with E-state index in [-0.39, 0.29) is 36.7 Å². The number of likely N-dealkylation sites (tertiary alicyclic amines) is 4. The van der Waals surface area contributed by atoms with Gasteiger partial charge in [-0.25, -0.2) is 17.6 Å². The summed E-state index contributed by atoms with van der Waals surface area (Å²) in [6, 6.07) is 13.0. The summed E-state index contributed by atoms with van der Waals surface area (Å²) in [5.74, 6) is -3.17. The Bertz CT molecular complexity index is 1870. The van der Waals surface area contributed by atoms with E-state index in [1.807, 2.05) is 41.3 Å². The molecule has 3 aromatic rings. The van der Waals surface area contributed by atoms with Crippen LogP contribution in [0.4, 0.5) is 17.6 Å². The zero-order chi connectivity index (χ0) is 43.6. The van der Waals surface area contributed by atoms with E-state index in [0.717, 1.165) is 43.6 Å². The highest BCUT2D eigenvalue weighted by Crippen LogP contribution is 2.36. The van der Waals surface area contributed by atoms with Crippen molar-refractivity contribution in [1.82, 2.24) is 35.1 Å². The van der Waals surface area contributed by atoms with Gasteiger partial charge in [-0.15, -0.1) is 0 Å². The zero-order valence-corrected chi connectivity index (χ0v) is 35.8. The molecule has 0 aliphatic carbocycles. The number of nitrogens with one attached hydrogen (secondary N) is 1. The number of aromatic nitrogens is 2. The molecular weight excluding hydrogens is 791 g/mol. The molecule has 2 aromatic carbocycles.